The number of nitrogens with one attached hydrogen (secondary N) is 1. The summed E-state index contributed by atoms with van der Waals surface area (Å²) in [5.74, 6) is -1.47. The fourth-order valence-corrected chi connectivity index (χ4v) is 3.09. The summed E-state index contributed by atoms with van der Waals surface area (Å²) in [5, 5.41) is 14.1. The van der Waals surface area contributed by atoms with Crippen LogP contribution in [0, 0.1) is 0 Å². The van der Waals surface area contributed by atoms with E-state index in [0.29, 0.717) is 23.1 Å². The second-order valence-corrected chi connectivity index (χ2v) is 6.46. The number of aryl methyl sites for hydroxylation is 1. The van der Waals surface area contributed by atoms with Crippen LogP contribution in [0.1, 0.15) is 33.1 Å². The molecular formula is C15H19N3O4S. The van der Waals surface area contributed by atoms with Crippen molar-refractivity contribution in [3.63, 3.8) is 0 Å². The molecule has 0 aliphatic rings. The van der Waals surface area contributed by atoms with Crippen LogP contribution in [0.3, 0.4) is 0 Å². The highest BCUT2D eigenvalue weighted by atomic mass is 32.1. The summed E-state index contributed by atoms with van der Waals surface area (Å²) in [7, 11) is 0. The van der Waals surface area contributed by atoms with Gasteiger partial charge in [0.2, 0.25) is 5.91 Å². The minimum Gasteiger partial charge on any atom is -0.480 e. The molecule has 2 heterocycles. The molecule has 8 heteroatoms. The Morgan fingerprint density at radius 1 is 1.48 bits per heavy atom. The second kappa shape index (κ2) is 6.91. The number of nitrogens with zero attached hydrogens (tertiary/aromatic N) is 2. The standard InChI is InChI=1S/C15H19N3O4S/c1-3-6-15(2,14(21)22)17-11(19)4-7-18-9-16-12-10(13(18)20)5-8-23-12/h5,8-9H,3-4,6-7H2,1-2H3,(H,17,19)(H,21,22). The van der Waals surface area contributed by atoms with Gasteiger partial charge >= 0.3 is 5.97 Å². The van der Waals surface area contributed by atoms with Crippen molar-refractivity contribution in [1.29, 1.82) is 0 Å². The molecule has 1 unspecified atom stereocenters. The lowest BCUT2D eigenvalue weighted by molar-refractivity contribution is -0.147. The SMILES string of the molecule is CCCC(C)(NC(=O)CCn1cnc2sccc2c1=O)C(=O)O. The van der Waals surface area contributed by atoms with E-state index >= 15 is 0 Å². The summed E-state index contributed by atoms with van der Waals surface area (Å²) in [6.07, 6.45) is 2.42. The number of aliphatic carboxylic acids is 1. The van der Waals surface area contributed by atoms with Gasteiger partial charge in [0.15, 0.2) is 0 Å². The van der Waals surface area contributed by atoms with E-state index in [-0.39, 0.29) is 18.5 Å². The summed E-state index contributed by atoms with van der Waals surface area (Å²) in [6, 6.07) is 1.70. The lowest BCUT2D eigenvalue weighted by atomic mass is 9.96. The van der Waals surface area contributed by atoms with Crippen molar-refractivity contribution in [3.8, 4) is 0 Å². The maximum atomic E-state index is 12.2. The Morgan fingerprint density at radius 2 is 2.22 bits per heavy atom. The Labute approximate surface area is 137 Å². The molecule has 2 N–H and O–H groups in total. The molecule has 23 heavy (non-hydrogen) atoms. The number of carboxylic acids is 1. The summed E-state index contributed by atoms with van der Waals surface area (Å²) < 4.78 is 1.37. The fourth-order valence-electron chi connectivity index (χ4n) is 2.37. The van der Waals surface area contributed by atoms with Gasteiger partial charge < -0.3 is 10.4 Å². The quantitative estimate of drug-likeness (QED) is 0.799. The minimum atomic E-state index is -1.29. The monoisotopic (exact) mass is 337 g/mol. The smallest absolute Gasteiger partial charge is 0.329 e. The first kappa shape index (κ1) is 17.1. The molecule has 0 spiro atoms. The summed E-state index contributed by atoms with van der Waals surface area (Å²) in [6.45, 7) is 3.50. The molecule has 0 radical (unpaired) electrons. The lowest BCUT2D eigenvalue weighted by Gasteiger charge is -2.25. The van der Waals surface area contributed by atoms with E-state index in [1.54, 1.807) is 11.4 Å². The Balaban J connectivity index is 2.04. The van der Waals surface area contributed by atoms with E-state index < -0.39 is 17.4 Å². The van der Waals surface area contributed by atoms with Crippen molar-refractivity contribution in [2.24, 2.45) is 0 Å². The van der Waals surface area contributed by atoms with Crippen LogP contribution in [-0.4, -0.2) is 32.1 Å². The molecule has 2 aromatic heterocycles. The van der Waals surface area contributed by atoms with Crippen LogP contribution in [0.5, 0.6) is 0 Å². The number of carbonyl (C=O) groups is 2. The number of rotatable bonds is 7. The molecule has 7 nitrogen and oxygen atoms in total. The normalized spacial score (nSPS) is 13.7. The van der Waals surface area contributed by atoms with Gasteiger partial charge in [-0.25, -0.2) is 9.78 Å². The summed E-state index contributed by atoms with van der Waals surface area (Å²) in [5.41, 5.74) is -1.48. The molecule has 0 aromatic carbocycles. The maximum absolute atomic E-state index is 12.2. The van der Waals surface area contributed by atoms with Gasteiger partial charge in [-0.1, -0.05) is 13.3 Å². The third-order valence-corrected chi connectivity index (χ3v) is 4.49. The Bertz CT molecular complexity index is 782. The average Bonchev–Trinajstić information content (AvgIpc) is 2.96. The molecule has 124 valence electrons. The fraction of sp³-hybridized carbons (Fsp3) is 0.467. The molecule has 0 saturated carbocycles. The van der Waals surface area contributed by atoms with Gasteiger partial charge in [0.25, 0.3) is 5.56 Å². The number of hydrogen-bond donors (Lipinski definition) is 2. The number of fused-ring (bicyclic) bond motifs is 1. The van der Waals surface area contributed by atoms with Gasteiger partial charge in [-0.05, 0) is 24.8 Å². The van der Waals surface area contributed by atoms with Gasteiger partial charge in [0.05, 0.1) is 11.7 Å². The molecule has 0 aliphatic carbocycles. The first-order valence-electron chi connectivity index (χ1n) is 7.34. The predicted octanol–water partition coefficient (Wildman–Crippen LogP) is 1.61. The third-order valence-electron chi connectivity index (χ3n) is 3.67. The minimum absolute atomic E-state index is 0.0177. The van der Waals surface area contributed by atoms with Crippen LogP contribution in [0.4, 0.5) is 0 Å². The Hall–Kier alpha value is -2.22. The summed E-state index contributed by atoms with van der Waals surface area (Å²) in [4.78, 5) is 40.4. The van der Waals surface area contributed by atoms with Gasteiger partial charge in [0, 0.05) is 13.0 Å². The van der Waals surface area contributed by atoms with Crippen molar-refractivity contribution in [3.05, 3.63) is 28.1 Å². The van der Waals surface area contributed by atoms with Crippen molar-refractivity contribution in [1.82, 2.24) is 14.9 Å². The lowest BCUT2D eigenvalue weighted by Crippen LogP contribution is -2.52. The van der Waals surface area contributed by atoms with E-state index in [9.17, 15) is 19.5 Å². The van der Waals surface area contributed by atoms with Crippen LogP contribution < -0.4 is 10.9 Å². The molecule has 0 fully saturated rings. The maximum Gasteiger partial charge on any atom is 0.329 e. The number of aromatic nitrogens is 2. The van der Waals surface area contributed by atoms with Gasteiger partial charge in [-0.15, -0.1) is 11.3 Å². The number of hydrogen-bond acceptors (Lipinski definition) is 5. The molecular weight excluding hydrogens is 318 g/mol. The number of thiophene rings is 1. The average molecular weight is 337 g/mol. The van der Waals surface area contributed by atoms with E-state index in [2.05, 4.69) is 10.3 Å². The first-order valence-corrected chi connectivity index (χ1v) is 8.22. The molecule has 0 bridgehead atoms. The van der Waals surface area contributed by atoms with Gasteiger partial charge in [0.1, 0.15) is 10.4 Å². The highest BCUT2D eigenvalue weighted by molar-refractivity contribution is 7.16. The molecule has 2 rings (SSSR count). The Kier molecular flexibility index (Phi) is 5.15. The van der Waals surface area contributed by atoms with E-state index in [1.165, 1.54) is 29.2 Å². The molecule has 0 aliphatic heterocycles. The van der Waals surface area contributed by atoms with Crippen LogP contribution in [0.15, 0.2) is 22.6 Å². The number of amides is 1. The zero-order valence-electron chi connectivity index (χ0n) is 13.0. The van der Waals surface area contributed by atoms with E-state index in [4.69, 9.17) is 0 Å². The first-order chi connectivity index (χ1) is 10.9. The zero-order chi connectivity index (χ0) is 17.0. The van der Waals surface area contributed by atoms with Crippen LogP contribution in [-0.2, 0) is 16.1 Å². The topological polar surface area (TPSA) is 101 Å². The molecule has 1 atom stereocenters. The van der Waals surface area contributed by atoms with Crippen molar-refractivity contribution >= 4 is 33.4 Å². The van der Waals surface area contributed by atoms with Crippen molar-refractivity contribution in [2.45, 2.75) is 45.2 Å². The molecule has 0 saturated heterocycles. The highest BCUT2D eigenvalue weighted by Gasteiger charge is 2.33. The second-order valence-electron chi connectivity index (χ2n) is 5.57. The Morgan fingerprint density at radius 3 is 2.87 bits per heavy atom. The van der Waals surface area contributed by atoms with Crippen LogP contribution in [0.25, 0.3) is 10.2 Å². The zero-order valence-corrected chi connectivity index (χ0v) is 13.9. The van der Waals surface area contributed by atoms with Crippen molar-refractivity contribution in [2.75, 3.05) is 0 Å². The highest BCUT2D eigenvalue weighted by Crippen LogP contribution is 2.14. The molecule has 1 amide bonds. The van der Waals surface area contributed by atoms with E-state index in [0.717, 1.165) is 0 Å². The van der Waals surface area contributed by atoms with Gasteiger partial charge in [-0.2, -0.15) is 0 Å². The van der Waals surface area contributed by atoms with E-state index in [1.807, 2.05) is 6.92 Å². The number of carboxylic acid groups (broad SMARTS) is 1. The van der Waals surface area contributed by atoms with Crippen molar-refractivity contribution < 1.29 is 14.7 Å². The predicted molar refractivity (Wildman–Crippen MR) is 87.6 cm³/mol. The third kappa shape index (κ3) is 3.76. The van der Waals surface area contributed by atoms with Crippen LogP contribution in [0.2, 0.25) is 0 Å². The molecule has 2 aromatic rings. The van der Waals surface area contributed by atoms with Gasteiger partial charge in [-0.3, -0.25) is 14.2 Å². The number of carbonyl (C=O) groups excluding carboxylic acids is 1. The largest absolute Gasteiger partial charge is 0.480 e. The summed E-state index contributed by atoms with van der Waals surface area (Å²) >= 11 is 1.38. The van der Waals surface area contributed by atoms with Crippen LogP contribution >= 0.6 is 11.3 Å².